The molecule has 5 heteroatoms. The van der Waals surface area contributed by atoms with Gasteiger partial charge in [-0.25, -0.2) is 0 Å². The third-order valence-corrected chi connectivity index (χ3v) is 2.27. The molecular weight excluding hydrogens is 424 g/mol. The Morgan fingerprint density at radius 1 is 1.44 bits per heavy atom. The van der Waals surface area contributed by atoms with Crippen LogP contribution in [0, 0.1) is 53.3 Å². The zero-order valence-corrected chi connectivity index (χ0v) is 13.7. The van der Waals surface area contributed by atoms with Crippen LogP contribution in [0.25, 0.3) is 0 Å². The van der Waals surface area contributed by atoms with E-state index in [1.54, 1.807) is 14.0 Å². The molecule has 0 unspecified atom stereocenters. The summed E-state index contributed by atoms with van der Waals surface area (Å²) < 4.78 is 0. The molecule has 18 heavy (non-hydrogen) atoms. The number of carbonyl (C=O) groups excluding carboxylic acids is 1. The summed E-state index contributed by atoms with van der Waals surface area (Å²) in [4.78, 5) is 16.8. The molecule has 0 spiro atoms. The SMILES string of the molecule is C[CH-]C(=O)N(C)[C-]=Nc1ccccc1CC.[V+2].[Yb]. The van der Waals surface area contributed by atoms with Crippen molar-refractivity contribution in [2.75, 3.05) is 7.05 Å². The molecule has 0 N–H and O–H groups in total. The third-order valence-electron chi connectivity index (χ3n) is 2.27. The normalized spacial score (nSPS) is 9.28. The van der Waals surface area contributed by atoms with Gasteiger partial charge in [-0.2, -0.15) is 6.92 Å². The van der Waals surface area contributed by atoms with E-state index in [4.69, 9.17) is 0 Å². The van der Waals surface area contributed by atoms with Gasteiger partial charge in [0.1, 0.15) is 0 Å². The Hall–Kier alpha value is 0.334. The number of carbonyl (C=O) groups is 1. The predicted molar refractivity (Wildman–Crippen MR) is 65.7 cm³/mol. The van der Waals surface area contributed by atoms with Crippen molar-refractivity contribution >= 4 is 17.9 Å². The molecule has 0 aromatic heterocycles. The number of benzene rings is 1. The van der Waals surface area contributed by atoms with Gasteiger partial charge in [-0.05, 0) is 25.1 Å². The zero-order chi connectivity index (χ0) is 12.0. The topological polar surface area (TPSA) is 32.7 Å². The minimum Gasteiger partial charge on any atom is -0.438 e. The molecule has 0 heterocycles. The molecule has 0 saturated carbocycles. The number of hydrogen-bond donors (Lipinski definition) is 0. The molecule has 0 bridgehead atoms. The second-order valence-corrected chi connectivity index (χ2v) is 3.38. The van der Waals surface area contributed by atoms with Gasteiger partial charge in [-0.3, -0.25) is 0 Å². The van der Waals surface area contributed by atoms with E-state index >= 15 is 0 Å². The summed E-state index contributed by atoms with van der Waals surface area (Å²) in [5.41, 5.74) is 2.01. The summed E-state index contributed by atoms with van der Waals surface area (Å²) in [6.45, 7) is 3.77. The second-order valence-electron chi connectivity index (χ2n) is 3.38. The molecule has 0 saturated heterocycles. The smallest absolute Gasteiger partial charge is 0.438 e. The molecule has 3 nitrogen and oxygen atoms in total. The molecule has 0 aliphatic heterocycles. The van der Waals surface area contributed by atoms with Crippen molar-refractivity contribution in [3.8, 4) is 0 Å². The Balaban J connectivity index is 0. The van der Waals surface area contributed by atoms with Gasteiger partial charge in [0.05, 0.1) is 0 Å². The summed E-state index contributed by atoms with van der Waals surface area (Å²) in [6, 6.07) is 7.84. The first kappa shape index (κ1) is 20.6. The van der Waals surface area contributed by atoms with E-state index < -0.39 is 0 Å². The van der Waals surface area contributed by atoms with Crippen molar-refractivity contribution in [3.05, 3.63) is 36.2 Å². The molecule has 1 aromatic carbocycles. The van der Waals surface area contributed by atoms with Gasteiger partial charge < -0.3 is 21.1 Å². The van der Waals surface area contributed by atoms with Gasteiger partial charge >= 0.3 is 18.6 Å². The Kier molecular flexibility index (Phi) is 12.8. The minimum atomic E-state index is -0.113. The van der Waals surface area contributed by atoms with Gasteiger partial charge in [0.2, 0.25) is 0 Å². The largest absolute Gasteiger partial charge is 2.00 e. The first-order valence-electron chi connectivity index (χ1n) is 5.30. The molecule has 1 amide bonds. The van der Waals surface area contributed by atoms with Crippen molar-refractivity contribution in [3.63, 3.8) is 0 Å². The van der Waals surface area contributed by atoms with Crippen LogP contribution in [0.15, 0.2) is 29.3 Å². The van der Waals surface area contributed by atoms with Crippen molar-refractivity contribution in [1.29, 1.82) is 0 Å². The maximum atomic E-state index is 11.2. The standard InChI is InChI=1S/C13H16N2O.V.Yb/c1-4-11-8-6-7-9-12(11)14-10-15(3)13(16)5-2;;/h5-9H,4H2,1-3H3;;/q-2;+2;. The molecule has 0 aliphatic carbocycles. The van der Waals surface area contributed by atoms with E-state index in [0.717, 1.165) is 17.7 Å². The Bertz CT molecular complexity index is 396. The quantitative estimate of drug-likeness (QED) is 0.307. The zero-order valence-electron chi connectivity index (χ0n) is 10.6. The van der Waals surface area contributed by atoms with Crippen molar-refractivity contribution < 1.29 is 70.3 Å². The number of aliphatic imine (C=N–C) groups is 1. The number of nitrogens with zero attached hydrogens (tertiary/aromatic N) is 2. The summed E-state index contributed by atoms with van der Waals surface area (Å²) in [5, 5.41) is 0. The number of para-hydroxylation sites is 1. The maximum Gasteiger partial charge on any atom is 2.00 e. The van der Waals surface area contributed by atoms with E-state index in [-0.39, 0.29) is 71.4 Å². The van der Waals surface area contributed by atoms with Crippen LogP contribution in [0.3, 0.4) is 0 Å². The molecule has 1 rings (SSSR count). The van der Waals surface area contributed by atoms with Crippen LogP contribution >= 0.6 is 0 Å². The average Bonchev–Trinajstić information content (AvgIpc) is 2.35. The van der Waals surface area contributed by atoms with Crippen LogP contribution in [-0.4, -0.2) is 24.2 Å². The number of amides is 1. The van der Waals surface area contributed by atoms with E-state index in [0.29, 0.717) is 0 Å². The fraction of sp³-hybridized carbons (Fsp3) is 0.308. The van der Waals surface area contributed by atoms with Crippen LogP contribution < -0.4 is 0 Å². The molecule has 1 aromatic rings. The monoisotopic (exact) mass is 441 g/mol. The fourth-order valence-electron chi connectivity index (χ4n) is 1.29. The average molecular weight is 440 g/mol. The second kappa shape index (κ2) is 11.2. The molecule has 1 radical (unpaired) electrons. The number of aryl methyl sites for hydroxylation is 1. The van der Waals surface area contributed by atoms with Crippen LogP contribution in [-0.2, 0) is 29.8 Å². The fourth-order valence-corrected chi connectivity index (χ4v) is 1.29. The van der Waals surface area contributed by atoms with Crippen LogP contribution in [0.4, 0.5) is 5.69 Å². The molecule has 0 aliphatic rings. The van der Waals surface area contributed by atoms with Crippen molar-refractivity contribution in [2.24, 2.45) is 4.99 Å². The van der Waals surface area contributed by atoms with Crippen molar-refractivity contribution in [2.45, 2.75) is 20.3 Å². The van der Waals surface area contributed by atoms with Crippen LogP contribution in [0.5, 0.6) is 0 Å². The van der Waals surface area contributed by atoms with Crippen LogP contribution in [0.1, 0.15) is 19.4 Å². The van der Waals surface area contributed by atoms with E-state index in [1.807, 2.05) is 24.3 Å². The maximum absolute atomic E-state index is 11.2. The molecule has 0 atom stereocenters. The summed E-state index contributed by atoms with van der Waals surface area (Å²) >= 11 is 0. The van der Waals surface area contributed by atoms with E-state index in [2.05, 4.69) is 18.3 Å². The molecule has 0 fully saturated rings. The van der Waals surface area contributed by atoms with Gasteiger partial charge in [0.25, 0.3) is 0 Å². The van der Waals surface area contributed by atoms with Gasteiger partial charge in [0, 0.05) is 53.3 Å². The Labute approximate surface area is 160 Å². The Morgan fingerprint density at radius 3 is 2.61 bits per heavy atom. The van der Waals surface area contributed by atoms with Crippen molar-refractivity contribution in [1.82, 2.24) is 4.90 Å². The van der Waals surface area contributed by atoms with E-state index in [9.17, 15) is 4.79 Å². The van der Waals surface area contributed by atoms with Gasteiger partial charge in [-0.1, -0.05) is 36.8 Å². The minimum absolute atomic E-state index is 0. The summed E-state index contributed by atoms with van der Waals surface area (Å²) in [7, 11) is 1.64. The molecule has 103 valence electrons. The molecular formula is C13H16N2OVYb. The van der Waals surface area contributed by atoms with Gasteiger partial charge in [0.15, 0.2) is 0 Å². The summed E-state index contributed by atoms with van der Waals surface area (Å²) in [6.07, 6.45) is 5.10. The van der Waals surface area contributed by atoms with E-state index in [1.165, 1.54) is 11.3 Å². The summed E-state index contributed by atoms with van der Waals surface area (Å²) in [5.74, 6) is -0.113. The first-order chi connectivity index (χ1) is 7.69. The third kappa shape index (κ3) is 6.49. The number of hydrogen-bond acceptors (Lipinski definition) is 2. The first-order valence-corrected chi connectivity index (χ1v) is 5.30. The van der Waals surface area contributed by atoms with Crippen LogP contribution in [0.2, 0.25) is 0 Å². The van der Waals surface area contributed by atoms with Gasteiger partial charge in [-0.15, -0.1) is 0 Å². The number of rotatable bonds is 4. The predicted octanol–water partition coefficient (Wildman–Crippen LogP) is 2.47. The Morgan fingerprint density at radius 2 is 2.06 bits per heavy atom.